The van der Waals surface area contributed by atoms with Gasteiger partial charge in [0, 0.05) is 6.07 Å². The molecule has 0 saturated heterocycles. The highest BCUT2D eigenvalue weighted by molar-refractivity contribution is 6.00. The van der Waals surface area contributed by atoms with Crippen LogP contribution in [0.4, 0.5) is 13.2 Å². The number of hydrogen-bond acceptors (Lipinski definition) is 4. The van der Waals surface area contributed by atoms with Crippen LogP contribution in [0.3, 0.4) is 0 Å². The van der Waals surface area contributed by atoms with E-state index in [4.69, 9.17) is 5.11 Å². The number of hydrogen-bond donors (Lipinski definition) is 2. The van der Waals surface area contributed by atoms with Gasteiger partial charge in [0.15, 0.2) is 5.78 Å². The largest absolute Gasteiger partial charge is 0.508 e. The van der Waals surface area contributed by atoms with E-state index in [1.807, 2.05) is 0 Å². The third kappa shape index (κ3) is 4.25. The van der Waals surface area contributed by atoms with Gasteiger partial charge in [-0.05, 0) is 19.2 Å². The molecule has 1 aromatic carbocycles. The van der Waals surface area contributed by atoms with Crippen LogP contribution in [0.2, 0.25) is 0 Å². The number of Topliss-reactive ketones (excluding diaryl/α,β-unsaturated/α-hetero) is 1. The number of aromatic hydroxyl groups is 2. The van der Waals surface area contributed by atoms with Crippen molar-refractivity contribution in [1.29, 1.82) is 0 Å². The Morgan fingerprint density at radius 3 is 2.44 bits per heavy atom. The second kappa shape index (κ2) is 5.26. The van der Waals surface area contributed by atoms with Gasteiger partial charge in [0.25, 0.3) is 0 Å². The first-order valence-electron chi connectivity index (χ1n) is 4.99. The quantitative estimate of drug-likeness (QED) is 0.813. The zero-order valence-electron chi connectivity index (χ0n) is 9.53. The maximum Gasteiger partial charge on any atom is 0.401 e. The number of phenols is 2. The molecule has 4 nitrogen and oxygen atoms in total. The number of rotatable bonds is 4. The van der Waals surface area contributed by atoms with Gasteiger partial charge in [0.1, 0.15) is 11.5 Å². The molecule has 18 heavy (non-hydrogen) atoms. The molecule has 0 atom stereocenters. The zero-order chi connectivity index (χ0) is 13.9. The number of ketones is 1. The number of benzene rings is 1. The summed E-state index contributed by atoms with van der Waals surface area (Å²) < 4.78 is 36.2. The van der Waals surface area contributed by atoms with Crippen molar-refractivity contribution in [2.24, 2.45) is 0 Å². The van der Waals surface area contributed by atoms with Gasteiger partial charge in [-0.1, -0.05) is 0 Å². The highest BCUT2D eigenvalue weighted by atomic mass is 19.4. The Bertz CT molecular complexity index is 446. The van der Waals surface area contributed by atoms with Crippen molar-refractivity contribution in [2.75, 3.05) is 20.1 Å². The fourth-order valence-corrected chi connectivity index (χ4v) is 1.45. The van der Waals surface area contributed by atoms with Crippen LogP contribution in [0, 0.1) is 0 Å². The zero-order valence-corrected chi connectivity index (χ0v) is 9.53. The third-order valence-corrected chi connectivity index (χ3v) is 2.14. The minimum Gasteiger partial charge on any atom is -0.508 e. The Hall–Kier alpha value is -1.76. The molecule has 2 N–H and O–H groups in total. The summed E-state index contributed by atoms with van der Waals surface area (Å²) >= 11 is 0. The van der Waals surface area contributed by atoms with Gasteiger partial charge >= 0.3 is 6.18 Å². The standard InChI is InChI=1S/C11H12F3NO3/c1-15(6-11(12,13)14)5-10(18)8-3-2-7(16)4-9(8)17/h2-4,16-17H,5-6H2,1H3. The van der Waals surface area contributed by atoms with Gasteiger partial charge < -0.3 is 10.2 Å². The molecule has 0 aliphatic carbocycles. The molecular weight excluding hydrogens is 251 g/mol. The maximum atomic E-state index is 12.1. The molecule has 0 aliphatic rings. The molecule has 0 saturated carbocycles. The van der Waals surface area contributed by atoms with Crippen molar-refractivity contribution >= 4 is 5.78 Å². The predicted molar refractivity (Wildman–Crippen MR) is 57.7 cm³/mol. The number of halogens is 3. The van der Waals surface area contributed by atoms with Crippen molar-refractivity contribution in [1.82, 2.24) is 4.90 Å². The van der Waals surface area contributed by atoms with Crippen molar-refractivity contribution in [3.05, 3.63) is 23.8 Å². The van der Waals surface area contributed by atoms with Crippen LogP contribution in [-0.2, 0) is 0 Å². The number of nitrogens with zero attached hydrogens (tertiary/aromatic N) is 1. The van der Waals surface area contributed by atoms with Crippen molar-refractivity contribution in [3.63, 3.8) is 0 Å². The summed E-state index contributed by atoms with van der Waals surface area (Å²) in [4.78, 5) is 12.4. The van der Waals surface area contributed by atoms with Crippen LogP contribution >= 0.6 is 0 Å². The van der Waals surface area contributed by atoms with Gasteiger partial charge in [0.2, 0.25) is 0 Å². The molecule has 0 aliphatic heterocycles. The smallest absolute Gasteiger partial charge is 0.401 e. The second-order valence-corrected chi connectivity index (χ2v) is 3.91. The van der Waals surface area contributed by atoms with Crippen LogP contribution in [0.1, 0.15) is 10.4 Å². The Labute approximate surface area is 101 Å². The fourth-order valence-electron chi connectivity index (χ4n) is 1.45. The van der Waals surface area contributed by atoms with Crippen LogP contribution < -0.4 is 0 Å². The first-order chi connectivity index (χ1) is 8.19. The van der Waals surface area contributed by atoms with E-state index in [1.54, 1.807) is 0 Å². The van der Waals surface area contributed by atoms with E-state index in [-0.39, 0.29) is 11.3 Å². The number of phenolic OH excluding ortho intramolecular Hbond substituents is 2. The molecule has 7 heteroatoms. The summed E-state index contributed by atoms with van der Waals surface area (Å²) in [5.41, 5.74) is -0.123. The molecular formula is C11H12F3NO3. The van der Waals surface area contributed by atoms with E-state index >= 15 is 0 Å². The average Bonchev–Trinajstić information content (AvgIpc) is 2.13. The molecule has 0 unspecified atom stereocenters. The van der Waals surface area contributed by atoms with E-state index in [2.05, 4.69) is 0 Å². The minimum absolute atomic E-state index is 0.123. The molecule has 0 aromatic heterocycles. The first kappa shape index (κ1) is 14.3. The lowest BCUT2D eigenvalue weighted by atomic mass is 10.1. The maximum absolute atomic E-state index is 12.1. The van der Waals surface area contributed by atoms with Crippen molar-refractivity contribution in [2.45, 2.75) is 6.18 Å². The van der Waals surface area contributed by atoms with Crippen LogP contribution in [0.25, 0.3) is 0 Å². The second-order valence-electron chi connectivity index (χ2n) is 3.91. The van der Waals surface area contributed by atoms with Crippen molar-refractivity contribution < 1.29 is 28.2 Å². The lowest BCUT2D eigenvalue weighted by molar-refractivity contribution is -0.141. The summed E-state index contributed by atoms with van der Waals surface area (Å²) in [6.45, 7) is -1.69. The molecule has 0 heterocycles. The van der Waals surface area contributed by atoms with Gasteiger partial charge in [-0.15, -0.1) is 0 Å². The van der Waals surface area contributed by atoms with Crippen LogP contribution in [-0.4, -0.2) is 47.2 Å². The SMILES string of the molecule is CN(CC(=O)c1ccc(O)cc1O)CC(F)(F)F. The number of carbonyl (C=O) groups is 1. The van der Waals surface area contributed by atoms with Gasteiger partial charge in [-0.25, -0.2) is 0 Å². The van der Waals surface area contributed by atoms with E-state index < -0.39 is 30.8 Å². The molecule has 0 amide bonds. The highest BCUT2D eigenvalue weighted by Gasteiger charge is 2.30. The van der Waals surface area contributed by atoms with Gasteiger partial charge in [-0.2, -0.15) is 13.2 Å². The number of likely N-dealkylation sites (N-methyl/N-ethyl adjacent to an activating group) is 1. The predicted octanol–water partition coefficient (Wildman–Crippen LogP) is 1.77. The summed E-state index contributed by atoms with van der Waals surface area (Å²) in [7, 11) is 1.16. The van der Waals surface area contributed by atoms with Gasteiger partial charge in [-0.3, -0.25) is 9.69 Å². The Morgan fingerprint density at radius 2 is 1.94 bits per heavy atom. The van der Waals surface area contributed by atoms with Crippen LogP contribution in [0.5, 0.6) is 11.5 Å². The first-order valence-corrected chi connectivity index (χ1v) is 4.99. The van der Waals surface area contributed by atoms with Crippen LogP contribution in [0.15, 0.2) is 18.2 Å². The van der Waals surface area contributed by atoms with E-state index in [0.717, 1.165) is 24.1 Å². The molecule has 1 rings (SSSR count). The van der Waals surface area contributed by atoms with Crippen molar-refractivity contribution in [3.8, 4) is 11.5 Å². The lowest BCUT2D eigenvalue weighted by Crippen LogP contribution is -2.34. The molecule has 0 bridgehead atoms. The normalized spacial score (nSPS) is 11.8. The third-order valence-electron chi connectivity index (χ3n) is 2.14. The highest BCUT2D eigenvalue weighted by Crippen LogP contribution is 2.23. The Balaban J connectivity index is 2.71. The molecule has 0 radical (unpaired) electrons. The Morgan fingerprint density at radius 1 is 1.33 bits per heavy atom. The van der Waals surface area contributed by atoms with E-state index in [0.29, 0.717) is 0 Å². The minimum atomic E-state index is -4.38. The lowest BCUT2D eigenvalue weighted by Gasteiger charge is -2.17. The monoisotopic (exact) mass is 263 g/mol. The molecule has 0 fully saturated rings. The summed E-state index contributed by atoms with van der Waals surface area (Å²) in [6.07, 6.45) is -4.38. The molecule has 0 spiro atoms. The van der Waals surface area contributed by atoms with E-state index in [9.17, 15) is 23.1 Å². The number of carbonyl (C=O) groups excluding carboxylic acids is 1. The fraction of sp³-hybridized carbons (Fsp3) is 0.364. The summed E-state index contributed by atoms with van der Waals surface area (Å²) in [5, 5.41) is 18.4. The summed E-state index contributed by atoms with van der Waals surface area (Å²) in [5.74, 6) is -1.34. The topological polar surface area (TPSA) is 60.8 Å². The molecule has 100 valence electrons. The van der Waals surface area contributed by atoms with E-state index in [1.165, 1.54) is 6.07 Å². The average molecular weight is 263 g/mol. The van der Waals surface area contributed by atoms with Gasteiger partial charge in [0.05, 0.1) is 18.7 Å². The summed E-state index contributed by atoms with van der Waals surface area (Å²) in [6, 6.07) is 3.29. The molecule has 1 aromatic rings. The Kier molecular flexibility index (Phi) is 4.18. The number of alkyl halides is 3.